The molecule has 2 aromatic heterocycles. The topological polar surface area (TPSA) is 46.9 Å². The summed E-state index contributed by atoms with van der Waals surface area (Å²) in [5.74, 6) is -1.11. The zero-order valence-electron chi connectivity index (χ0n) is 12.9. The Morgan fingerprint density at radius 1 is 1.38 bits per heavy atom. The van der Waals surface area contributed by atoms with E-state index in [1.165, 1.54) is 18.2 Å². The molecule has 0 fully saturated rings. The Hall–Kier alpha value is -2.18. The van der Waals surface area contributed by atoms with Crippen molar-refractivity contribution in [3.05, 3.63) is 64.0 Å². The Morgan fingerprint density at radius 2 is 2.21 bits per heavy atom. The number of aryl methyl sites for hydroxylation is 1. The van der Waals surface area contributed by atoms with Crippen LogP contribution in [-0.4, -0.2) is 22.2 Å². The normalized spacial score (nSPS) is 10.8. The van der Waals surface area contributed by atoms with Crippen LogP contribution in [0.5, 0.6) is 0 Å². The molecule has 0 spiro atoms. The number of amides is 1. The Kier molecular flexibility index (Phi) is 4.97. The first kappa shape index (κ1) is 16.7. The third-order valence-corrected chi connectivity index (χ3v) is 5.01. The number of carbonyl (C=O) groups excluding carboxylic acids is 1. The molecule has 7 heteroatoms. The average Bonchev–Trinajstić information content (AvgIpc) is 3.16. The van der Waals surface area contributed by atoms with Crippen LogP contribution in [0.3, 0.4) is 0 Å². The van der Waals surface area contributed by atoms with Crippen LogP contribution >= 0.6 is 22.9 Å². The van der Waals surface area contributed by atoms with Crippen molar-refractivity contribution >= 4 is 28.8 Å². The lowest BCUT2D eigenvalue weighted by Gasteiger charge is -2.07. The Bertz CT molecular complexity index is 854. The number of hydrogen-bond donors (Lipinski definition) is 1. The van der Waals surface area contributed by atoms with Crippen LogP contribution in [0.15, 0.2) is 42.7 Å². The molecule has 0 bridgehead atoms. The molecule has 1 N–H and O–H groups in total. The number of thiophene rings is 1. The predicted octanol–water partition coefficient (Wildman–Crippen LogP) is 3.91. The molecule has 4 nitrogen and oxygen atoms in total. The smallest absolute Gasteiger partial charge is 0.255 e. The first-order chi connectivity index (χ1) is 11.5. The highest BCUT2D eigenvalue weighted by atomic mass is 35.5. The van der Waals surface area contributed by atoms with Crippen LogP contribution in [0.2, 0.25) is 5.02 Å². The van der Waals surface area contributed by atoms with Gasteiger partial charge in [0.1, 0.15) is 5.82 Å². The van der Waals surface area contributed by atoms with Gasteiger partial charge in [0.15, 0.2) is 0 Å². The second-order valence-corrected chi connectivity index (χ2v) is 6.85. The number of halogens is 2. The summed E-state index contributed by atoms with van der Waals surface area (Å²) in [6, 6.07) is 8.25. The van der Waals surface area contributed by atoms with E-state index in [4.69, 9.17) is 11.6 Å². The van der Waals surface area contributed by atoms with E-state index in [0.717, 1.165) is 15.3 Å². The van der Waals surface area contributed by atoms with Gasteiger partial charge in [-0.2, -0.15) is 5.10 Å². The van der Waals surface area contributed by atoms with Crippen LogP contribution in [0.4, 0.5) is 4.39 Å². The molecule has 3 aromatic rings. The van der Waals surface area contributed by atoms with E-state index in [9.17, 15) is 9.18 Å². The third-order valence-electron chi connectivity index (χ3n) is 3.50. The quantitative estimate of drug-likeness (QED) is 0.747. The Labute approximate surface area is 147 Å². The van der Waals surface area contributed by atoms with Crippen molar-refractivity contribution in [2.24, 2.45) is 7.05 Å². The van der Waals surface area contributed by atoms with Crippen molar-refractivity contribution in [2.45, 2.75) is 6.42 Å². The largest absolute Gasteiger partial charge is 0.352 e. The summed E-state index contributed by atoms with van der Waals surface area (Å²) in [6.45, 7) is 0.413. The molecule has 0 saturated carbocycles. The van der Waals surface area contributed by atoms with Crippen LogP contribution < -0.4 is 5.32 Å². The third kappa shape index (κ3) is 3.66. The fourth-order valence-corrected chi connectivity index (χ4v) is 3.55. The maximum Gasteiger partial charge on any atom is 0.255 e. The van der Waals surface area contributed by atoms with Gasteiger partial charge < -0.3 is 5.32 Å². The molecule has 0 aliphatic heterocycles. The maximum atomic E-state index is 13.7. The number of carbonyl (C=O) groups is 1. The lowest BCUT2D eigenvalue weighted by atomic mass is 10.2. The maximum absolute atomic E-state index is 13.7. The molecule has 2 heterocycles. The lowest BCUT2D eigenvalue weighted by Crippen LogP contribution is -2.26. The van der Waals surface area contributed by atoms with Gasteiger partial charge in [-0.15, -0.1) is 11.3 Å². The van der Waals surface area contributed by atoms with Gasteiger partial charge in [-0.1, -0.05) is 17.7 Å². The minimum atomic E-state index is -0.616. The molecule has 3 rings (SSSR count). The zero-order chi connectivity index (χ0) is 17.1. The first-order valence-corrected chi connectivity index (χ1v) is 8.54. The van der Waals surface area contributed by atoms with Crippen LogP contribution in [0.25, 0.3) is 10.4 Å². The molecule has 124 valence electrons. The molecule has 0 aliphatic carbocycles. The van der Waals surface area contributed by atoms with Gasteiger partial charge in [0, 0.05) is 35.1 Å². The summed E-state index contributed by atoms with van der Waals surface area (Å²) in [5.41, 5.74) is 0.956. The number of rotatable bonds is 5. The van der Waals surface area contributed by atoms with Crippen molar-refractivity contribution in [1.29, 1.82) is 0 Å². The number of nitrogens with zero attached hydrogens (tertiary/aromatic N) is 2. The molecule has 0 atom stereocenters. The van der Waals surface area contributed by atoms with E-state index in [1.807, 2.05) is 31.6 Å². The minimum absolute atomic E-state index is 0.110. The van der Waals surface area contributed by atoms with Gasteiger partial charge in [0.25, 0.3) is 5.91 Å². The van der Waals surface area contributed by atoms with Gasteiger partial charge in [0.05, 0.1) is 16.8 Å². The number of benzene rings is 1. The van der Waals surface area contributed by atoms with Crippen molar-refractivity contribution in [1.82, 2.24) is 15.1 Å². The molecular weight excluding hydrogens is 349 g/mol. The fourth-order valence-electron chi connectivity index (χ4n) is 2.32. The lowest BCUT2D eigenvalue weighted by molar-refractivity contribution is 0.0950. The number of aromatic nitrogens is 2. The number of hydrogen-bond acceptors (Lipinski definition) is 3. The second-order valence-electron chi connectivity index (χ2n) is 5.27. The van der Waals surface area contributed by atoms with Gasteiger partial charge in [-0.05, 0) is 30.7 Å². The highest BCUT2D eigenvalue weighted by molar-refractivity contribution is 7.15. The molecular formula is C17H15ClFN3OS. The van der Waals surface area contributed by atoms with Gasteiger partial charge in [0.2, 0.25) is 0 Å². The monoisotopic (exact) mass is 363 g/mol. The average molecular weight is 364 g/mol. The van der Waals surface area contributed by atoms with Crippen molar-refractivity contribution in [3.8, 4) is 10.4 Å². The molecule has 0 aliphatic rings. The van der Waals surface area contributed by atoms with Crippen molar-refractivity contribution < 1.29 is 9.18 Å². The summed E-state index contributed by atoms with van der Waals surface area (Å²) in [4.78, 5) is 14.3. The molecule has 1 amide bonds. The molecule has 0 radical (unpaired) electrons. The van der Waals surface area contributed by atoms with E-state index in [-0.39, 0.29) is 10.6 Å². The van der Waals surface area contributed by atoms with E-state index in [1.54, 1.807) is 16.0 Å². The molecule has 0 saturated heterocycles. The summed E-state index contributed by atoms with van der Waals surface area (Å²) < 4.78 is 15.5. The van der Waals surface area contributed by atoms with Crippen molar-refractivity contribution in [3.63, 3.8) is 0 Å². The first-order valence-electron chi connectivity index (χ1n) is 7.34. The molecule has 1 aromatic carbocycles. The highest BCUT2D eigenvalue weighted by Crippen LogP contribution is 2.27. The van der Waals surface area contributed by atoms with Gasteiger partial charge in [-0.25, -0.2) is 4.39 Å². The summed E-state index contributed by atoms with van der Waals surface area (Å²) >= 11 is 7.54. The highest BCUT2D eigenvalue weighted by Gasteiger charge is 2.15. The summed E-state index contributed by atoms with van der Waals surface area (Å²) in [5, 5.41) is 6.98. The van der Waals surface area contributed by atoms with E-state index < -0.39 is 11.7 Å². The van der Waals surface area contributed by atoms with Crippen LogP contribution in [0, 0.1) is 5.82 Å². The molecule has 0 unspecified atom stereocenters. The van der Waals surface area contributed by atoms with E-state index in [0.29, 0.717) is 13.0 Å². The minimum Gasteiger partial charge on any atom is -0.352 e. The SMILES string of the molecule is Cn1cc(-c2ccc(CCNC(=O)c3c(F)cccc3Cl)s2)cn1. The van der Waals surface area contributed by atoms with Crippen molar-refractivity contribution in [2.75, 3.05) is 6.54 Å². The van der Waals surface area contributed by atoms with E-state index >= 15 is 0 Å². The molecule has 24 heavy (non-hydrogen) atoms. The van der Waals surface area contributed by atoms with E-state index in [2.05, 4.69) is 10.4 Å². The van der Waals surface area contributed by atoms with Gasteiger partial charge in [-0.3, -0.25) is 9.48 Å². The standard InChI is InChI=1S/C17H15ClFN3OS/c1-22-10-11(9-21-22)15-6-5-12(24-15)7-8-20-17(23)16-13(18)3-2-4-14(16)19/h2-6,9-10H,7-8H2,1H3,(H,20,23). The predicted molar refractivity (Wildman–Crippen MR) is 94.0 cm³/mol. The fraction of sp³-hybridized carbons (Fsp3) is 0.176. The summed E-state index contributed by atoms with van der Waals surface area (Å²) in [6.07, 6.45) is 4.44. The summed E-state index contributed by atoms with van der Waals surface area (Å²) in [7, 11) is 1.88. The Balaban J connectivity index is 1.59. The zero-order valence-corrected chi connectivity index (χ0v) is 14.5. The number of nitrogens with one attached hydrogen (secondary N) is 1. The second kappa shape index (κ2) is 7.15. The Morgan fingerprint density at radius 3 is 2.92 bits per heavy atom. The van der Waals surface area contributed by atoms with Gasteiger partial charge >= 0.3 is 0 Å². The van der Waals surface area contributed by atoms with Crippen LogP contribution in [-0.2, 0) is 13.5 Å². The van der Waals surface area contributed by atoms with Crippen LogP contribution in [0.1, 0.15) is 15.2 Å².